The van der Waals surface area contributed by atoms with E-state index >= 15 is 0 Å². The lowest BCUT2D eigenvalue weighted by Gasteiger charge is -2.38. The minimum atomic E-state index is -0.00760. The Bertz CT molecular complexity index is 1340. The summed E-state index contributed by atoms with van der Waals surface area (Å²) in [6.45, 7) is 3.60. The van der Waals surface area contributed by atoms with Crippen molar-refractivity contribution in [2.45, 2.75) is 32.2 Å². The second-order valence-corrected chi connectivity index (χ2v) is 9.85. The minimum absolute atomic E-state index is 0.00760. The van der Waals surface area contributed by atoms with E-state index in [0.717, 1.165) is 61.2 Å². The van der Waals surface area contributed by atoms with Gasteiger partial charge in [0.2, 0.25) is 5.91 Å². The largest absolute Gasteiger partial charge is 0.497 e. The van der Waals surface area contributed by atoms with Crippen molar-refractivity contribution in [1.29, 1.82) is 5.26 Å². The Morgan fingerprint density at radius 3 is 2.47 bits per heavy atom. The number of carbonyl (C=O) groups is 1. The summed E-state index contributed by atoms with van der Waals surface area (Å²) >= 11 is 0. The van der Waals surface area contributed by atoms with Crippen LogP contribution in [0.2, 0.25) is 0 Å². The van der Waals surface area contributed by atoms with Crippen LogP contribution in [-0.4, -0.2) is 58.2 Å². The quantitative estimate of drug-likeness (QED) is 0.548. The molecule has 3 heterocycles. The number of aryl methyl sites for hydroxylation is 1. The van der Waals surface area contributed by atoms with Crippen LogP contribution in [0.1, 0.15) is 31.4 Å². The van der Waals surface area contributed by atoms with Gasteiger partial charge in [0.1, 0.15) is 17.5 Å². The van der Waals surface area contributed by atoms with Gasteiger partial charge in [0, 0.05) is 51.8 Å². The van der Waals surface area contributed by atoms with Crippen LogP contribution in [0, 0.1) is 23.2 Å². The zero-order chi connectivity index (χ0) is 25.2. The lowest BCUT2D eigenvalue weighted by Crippen LogP contribution is -2.50. The zero-order valence-electron chi connectivity index (χ0n) is 20.9. The van der Waals surface area contributed by atoms with E-state index in [0.29, 0.717) is 31.2 Å². The summed E-state index contributed by atoms with van der Waals surface area (Å²) in [7, 11) is 3.44. The summed E-state index contributed by atoms with van der Waals surface area (Å²) < 4.78 is 8.93. The van der Waals surface area contributed by atoms with Crippen LogP contribution in [-0.2, 0) is 18.4 Å². The Morgan fingerprint density at radius 2 is 1.83 bits per heavy atom. The fourth-order valence-corrected chi connectivity index (χ4v) is 5.63. The van der Waals surface area contributed by atoms with Crippen molar-refractivity contribution < 1.29 is 9.53 Å². The number of carbonyl (C=O) groups excluding carboxylic acids is 1. The van der Waals surface area contributed by atoms with E-state index < -0.39 is 0 Å². The smallest absolute Gasteiger partial charge is 0.328 e. The number of ether oxygens (including phenoxy) is 1. The van der Waals surface area contributed by atoms with E-state index in [1.807, 2.05) is 39.8 Å². The first-order valence-corrected chi connectivity index (χ1v) is 12.6. The molecule has 1 aliphatic heterocycles. The van der Waals surface area contributed by atoms with Gasteiger partial charge in [-0.25, -0.2) is 9.78 Å². The second kappa shape index (κ2) is 10.1. The molecule has 0 N–H and O–H groups in total. The molecule has 2 aromatic heterocycles. The number of hydrogen-bond donors (Lipinski definition) is 0. The Balaban J connectivity index is 1.16. The van der Waals surface area contributed by atoms with E-state index in [4.69, 9.17) is 10.00 Å². The van der Waals surface area contributed by atoms with E-state index in [-0.39, 0.29) is 17.5 Å². The molecule has 2 aliphatic rings. The van der Waals surface area contributed by atoms with Crippen molar-refractivity contribution >= 4 is 22.6 Å². The molecule has 2 fully saturated rings. The monoisotopic (exact) mass is 488 g/mol. The van der Waals surface area contributed by atoms with Crippen molar-refractivity contribution in [1.82, 2.24) is 19.0 Å². The van der Waals surface area contributed by atoms with Crippen molar-refractivity contribution in [2.24, 2.45) is 18.9 Å². The highest BCUT2D eigenvalue weighted by Gasteiger charge is 2.31. The van der Waals surface area contributed by atoms with Crippen molar-refractivity contribution in [3.63, 3.8) is 0 Å². The van der Waals surface area contributed by atoms with Gasteiger partial charge in [-0.2, -0.15) is 5.26 Å². The van der Waals surface area contributed by atoms with Gasteiger partial charge in [-0.15, -0.1) is 0 Å². The topological polar surface area (TPSA) is 96.4 Å². The molecule has 9 nitrogen and oxygen atoms in total. The average Bonchev–Trinajstić information content (AvgIpc) is 3.17. The minimum Gasteiger partial charge on any atom is -0.497 e. The number of nitrogens with zero attached hydrogens (tertiary/aromatic N) is 6. The molecular formula is C27H32N6O3. The van der Waals surface area contributed by atoms with Gasteiger partial charge in [-0.05, 0) is 55.9 Å². The van der Waals surface area contributed by atoms with Gasteiger partial charge >= 0.3 is 5.69 Å². The molecule has 36 heavy (non-hydrogen) atoms. The van der Waals surface area contributed by atoms with Gasteiger partial charge in [0.15, 0.2) is 0 Å². The molecule has 0 atom stereocenters. The molecule has 1 saturated carbocycles. The third-order valence-corrected chi connectivity index (χ3v) is 7.81. The Kier molecular flexibility index (Phi) is 6.68. The van der Waals surface area contributed by atoms with Crippen LogP contribution >= 0.6 is 0 Å². The van der Waals surface area contributed by atoms with Gasteiger partial charge in [0.05, 0.1) is 30.0 Å². The second-order valence-electron chi connectivity index (χ2n) is 9.85. The summed E-state index contributed by atoms with van der Waals surface area (Å²) in [5.74, 6) is 1.45. The number of fused-ring (bicyclic) bond motifs is 1. The third kappa shape index (κ3) is 4.55. The van der Waals surface area contributed by atoms with Crippen LogP contribution in [0.25, 0.3) is 11.0 Å². The molecule has 1 saturated heterocycles. The first kappa shape index (κ1) is 23.9. The molecule has 1 aromatic carbocycles. The highest BCUT2D eigenvalue weighted by molar-refractivity contribution is 5.79. The van der Waals surface area contributed by atoms with Crippen LogP contribution in [0.4, 0.5) is 5.69 Å². The van der Waals surface area contributed by atoms with E-state index in [2.05, 4.69) is 9.88 Å². The predicted octanol–water partition coefficient (Wildman–Crippen LogP) is 2.77. The molecule has 0 unspecified atom stereocenters. The number of nitriles is 1. The summed E-state index contributed by atoms with van der Waals surface area (Å²) in [5, 5.41) is 8.93. The Hall–Kier alpha value is -3.80. The van der Waals surface area contributed by atoms with Crippen molar-refractivity contribution in [3.05, 3.63) is 52.7 Å². The number of hydrogen-bond acceptors (Lipinski definition) is 6. The van der Waals surface area contributed by atoms with E-state index in [9.17, 15) is 9.59 Å². The number of piperazine rings is 1. The van der Waals surface area contributed by atoms with Gasteiger partial charge in [-0.3, -0.25) is 13.9 Å². The normalized spacial score (nSPS) is 20.4. The number of methoxy groups -OCH3 is 1. The molecule has 1 aliphatic carbocycles. The predicted molar refractivity (Wildman–Crippen MR) is 137 cm³/mol. The van der Waals surface area contributed by atoms with Crippen molar-refractivity contribution in [3.8, 4) is 11.8 Å². The molecular weight excluding hydrogens is 456 g/mol. The Morgan fingerprint density at radius 1 is 1.08 bits per heavy atom. The first-order chi connectivity index (χ1) is 17.5. The lowest BCUT2D eigenvalue weighted by molar-refractivity contribution is -0.137. The molecule has 0 bridgehead atoms. The Labute approximate surface area is 210 Å². The highest BCUT2D eigenvalue weighted by Crippen LogP contribution is 2.32. The van der Waals surface area contributed by atoms with E-state index in [1.54, 1.807) is 31.0 Å². The van der Waals surface area contributed by atoms with Crippen LogP contribution < -0.4 is 15.3 Å². The molecule has 5 rings (SSSR count). The highest BCUT2D eigenvalue weighted by atomic mass is 16.5. The summed E-state index contributed by atoms with van der Waals surface area (Å²) in [6.07, 6.45) is 5.35. The number of aromatic nitrogens is 3. The molecule has 0 radical (unpaired) electrons. The number of amides is 1. The van der Waals surface area contributed by atoms with Crippen LogP contribution in [0.5, 0.6) is 5.75 Å². The molecule has 0 spiro atoms. The zero-order valence-corrected chi connectivity index (χ0v) is 20.9. The van der Waals surface area contributed by atoms with Crippen LogP contribution in [0.3, 0.4) is 0 Å². The summed E-state index contributed by atoms with van der Waals surface area (Å²) in [6, 6.07) is 11.4. The molecule has 3 aromatic rings. The third-order valence-electron chi connectivity index (χ3n) is 7.81. The fourth-order valence-electron chi connectivity index (χ4n) is 5.63. The SMILES string of the molecule is COc1ccc2c(c1)n(CC1CCC(C(=O)N3CCN(c4ccc(C#N)nc4)CC3)CC1)c(=O)n2C. The molecule has 1 amide bonds. The van der Waals surface area contributed by atoms with Gasteiger partial charge < -0.3 is 14.5 Å². The number of anilines is 1. The molecule has 9 heteroatoms. The lowest BCUT2D eigenvalue weighted by atomic mass is 9.81. The first-order valence-electron chi connectivity index (χ1n) is 12.6. The number of benzene rings is 1. The maximum Gasteiger partial charge on any atom is 0.328 e. The van der Waals surface area contributed by atoms with Crippen molar-refractivity contribution in [2.75, 3.05) is 38.2 Å². The number of imidazole rings is 1. The summed E-state index contributed by atoms with van der Waals surface area (Å²) in [5.41, 5.74) is 3.19. The molecule has 188 valence electrons. The maximum absolute atomic E-state index is 13.2. The maximum atomic E-state index is 13.2. The fraction of sp³-hybridized carbons (Fsp3) is 0.481. The van der Waals surface area contributed by atoms with Crippen LogP contribution in [0.15, 0.2) is 41.3 Å². The average molecular weight is 489 g/mol. The number of rotatable bonds is 5. The van der Waals surface area contributed by atoms with E-state index in [1.165, 1.54) is 0 Å². The van der Waals surface area contributed by atoms with Gasteiger partial charge in [-0.1, -0.05) is 0 Å². The standard InChI is InChI=1S/C27H32N6O3/c1-30-24-10-9-23(36-2)15-25(24)33(27(30)35)18-19-3-5-20(6-4-19)26(34)32-13-11-31(12-14-32)22-8-7-21(16-28)29-17-22/h7-10,15,17,19-20H,3-6,11-14,18H2,1-2H3. The number of pyridine rings is 1. The van der Waals surface area contributed by atoms with Gasteiger partial charge in [0.25, 0.3) is 0 Å². The summed E-state index contributed by atoms with van der Waals surface area (Å²) in [4.78, 5) is 34.5.